The van der Waals surface area contributed by atoms with Crippen molar-refractivity contribution in [1.82, 2.24) is 15.1 Å². The zero-order chi connectivity index (χ0) is 12.6. The molecule has 0 amide bonds. The maximum absolute atomic E-state index is 5.29. The Hall–Kier alpha value is -1.39. The average Bonchev–Trinajstić information content (AvgIpc) is 2.81. The predicted molar refractivity (Wildman–Crippen MR) is 73.7 cm³/mol. The van der Waals surface area contributed by atoms with Gasteiger partial charge in [0.05, 0.1) is 18.3 Å². The molecule has 0 bridgehead atoms. The van der Waals surface area contributed by atoms with Gasteiger partial charge in [-0.05, 0) is 26.0 Å². The van der Waals surface area contributed by atoms with Gasteiger partial charge in [-0.1, -0.05) is 18.2 Å². The summed E-state index contributed by atoms with van der Waals surface area (Å²) in [5.74, 6) is 0. The van der Waals surface area contributed by atoms with E-state index >= 15 is 0 Å². The van der Waals surface area contributed by atoms with Crippen molar-refractivity contribution in [3.05, 3.63) is 30.5 Å². The topological polar surface area (TPSA) is 39.1 Å². The van der Waals surface area contributed by atoms with Crippen LogP contribution in [0.15, 0.2) is 30.5 Å². The second-order valence-electron chi connectivity index (χ2n) is 4.23. The Morgan fingerprint density at radius 3 is 3.06 bits per heavy atom. The largest absolute Gasteiger partial charge is 0.382 e. The predicted octanol–water partition coefficient (Wildman–Crippen LogP) is 2.05. The molecule has 1 heterocycles. The molecule has 0 radical (unpaired) electrons. The fraction of sp³-hybridized carbons (Fsp3) is 0.500. The van der Waals surface area contributed by atoms with Crippen LogP contribution < -0.4 is 5.32 Å². The van der Waals surface area contributed by atoms with E-state index in [1.54, 1.807) is 0 Å². The van der Waals surface area contributed by atoms with Crippen LogP contribution in [0.2, 0.25) is 0 Å². The SMILES string of the molecule is CCOCCCNCCn1ncc2ccccc21. The van der Waals surface area contributed by atoms with Crippen LogP contribution >= 0.6 is 0 Å². The highest BCUT2D eigenvalue weighted by Crippen LogP contribution is 2.11. The molecule has 0 aliphatic carbocycles. The van der Waals surface area contributed by atoms with Crippen LogP contribution in [-0.2, 0) is 11.3 Å². The van der Waals surface area contributed by atoms with Gasteiger partial charge in [0.1, 0.15) is 0 Å². The first-order valence-corrected chi connectivity index (χ1v) is 6.61. The van der Waals surface area contributed by atoms with Crippen molar-refractivity contribution in [1.29, 1.82) is 0 Å². The summed E-state index contributed by atoms with van der Waals surface area (Å²) in [6.07, 6.45) is 2.98. The van der Waals surface area contributed by atoms with E-state index in [-0.39, 0.29) is 0 Å². The van der Waals surface area contributed by atoms with Gasteiger partial charge in [0.15, 0.2) is 0 Å². The molecule has 1 aromatic heterocycles. The third kappa shape index (κ3) is 3.55. The molecule has 1 aromatic carbocycles. The summed E-state index contributed by atoms with van der Waals surface area (Å²) < 4.78 is 7.33. The summed E-state index contributed by atoms with van der Waals surface area (Å²) in [5, 5.41) is 9.00. The molecule has 0 fully saturated rings. The standard InChI is InChI=1S/C14H21N3O/c1-2-18-11-5-8-15-9-10-17-14-7-4-3-6-13(14)12-16-17/h3-4,6-7,12,15H,2,5,8-11H2,1H3. The van der Waals surface area contributed by atoms with Gasteiger partial charge in [0.2, 0.25) is 0 Å². The molecule has 0 unspecified atom stereocenters. The zero-order valence-corrected chi connectivity index (χ0v) is 10.9. The molecule has 4 heteroatoms. The van der Waals surface area contributed by atoms with Crippen LogP contribution in [-0.4, -0.2) is 36.1 Å². The van der Waals surface area contributed by atoms with Crippen molar-refractivity contribution in [2.45, 2.75) is 19.9 Å². The maximum Gasteiger partial charge on any atom is 0.0682 e. The number of nitrogens with zero attached hydrogens (tertiary/aromatic N) is 2. The molecule has 0 saturated heterocycles. The first-order valence-electron chi connectivity index (χ1n) is 6.61. The van der Waals surface area contributed by atoms with Crippen LogP contribution in [0.1, 0.15) is 13.3 Å². The van der Waals surface area contributed by atoms with Gasteiger partial charge in [0, 0.05) is 25.1 Å². The van der Waals surface area contributed by atoms with Crippen molar-refractivity contribution in [3.63, 3.8) is 0 Å². The van der Waals surface area contributed by atoms with Crippen molar-refractivity contribution in [2.75, 3.05) is 26.3 Å². The van der Waals surface area contributed by atoms with E-state index in [2.05, 4.69) is 28.6 Å². The van der Waals surface area contributed by atoms with E-state index in [1.807, 2.05) is 23.9 Å². The molecule has 0 atom stereocenters. The van der Waals surface area contributed by atoms with Crippen LogP contribution in [0, 0.1) is 0 Å². The second kappa shape index (κ2) is 7.13. The monoisotopic (exact) mass is 247 g/mol. The third-order valence-electron chi connectivity index (χ3n) is 2.90. The van der Waals surface area contributed by atoms with E-state index in [0.29, 0.717) is 0 Å². The third-order valence-corrected chi connectivity index (χ3v) is 2.90. The lowest BCUT2D eigenvalue weighted by Gasteiger charge is -2.06. The smallest absolute Gasteiger partial charge is 0.0682 e. The lowest BCUT2D eigenvalue weighted by molar-refractivity contribution is 0.145. The Balaban J connectivity index is 1.70. The molecule has 0 aliphatic rings. The van der Waals surface area contributed by atoms with E-state index in [9.17, 15) is 0 Å². The number of aromatic nitrogens is 2. The van der Waals surface area contributed by atoms with Gasteiger partial charge in [0.25, 0.3) is 0 Å². The lowest BCUT2D eigenvalue weighted by atomic mass is 10.2. The maximum atomic E-state index is 5.29. The zero-order valence-electron chi connectivity index (χ0n) is 10.9. The highest BCUT2D eigenvalue weighted by molar-refractivity contribution is 5.78. The van der Waals surface area contributed by atoms with Crippen LogP contribution in [0.3, 0.4) is 0 Å². The van der Waals surface area contributed by atoms with Gasteiger partial charge >= 0.3 is 0 Å². The lowest BCUT2D eigenvalue weighted by Crippen LogP contribution is -2.22. The second-order valence-corrected chi connectivity index (χ2v) is 4.23. The molecule has 2 aromatic rings. The number of para-hydroxylation sites is 1. The molecule has 4 nitrogen and oxygen atoms in total. The summed E-state index contributed by atoms with van der Waals surface area (Å²) in [5.41, 5.74) is 1.20. The minimum absolute atomic E-state index is 0.805. The highest BCUT2D eigenvalue weighted by Gasteiger charge is 2.00. The van der Waals surface area contributed by atoms with Gasteiger partial charge in [-0.3, -0.25) is 4.68 Å². The van der Waals surface area contributed by atoms with Crippen LogP contribution in [0.4, 0.5) is 0 Å². The molecule has 1 N–H and O–H groups in total. The fourth-order valence-electron chi connectivity index (χ4n) is 1.96. The molecule has 0 aliphatic heterocycles. The minimum atomic E-state index is 0.805. The first kappa shape index (κ1) is 13.1. The normalized spacial score (nSPS) is 11.2. The van der Waals surface area contributed by atoms with E-state index in [1.165, 1.54) is 10.9 Å². The van der Waals surface area contributed by atoms with E-state index in [4.69, 9.17) is 4.74 Å². The Morgan fingerprint density at radius 2 is 2.17 bits per heavy atom. The van der Waals surface area contributed by atoms with Crippen molar-refractivity contribution in [2.24, 2.45) is 0 Å². The summed E-state index contributed by atoms with van der Waals surface area (Å²) >= 11 is 0. The number of nitrogens with one attached hydrogen (secondary N) is 1. The highest BCUT2D eigenvalue weighted by atomic mass is 16.5. The van der Waals surface area contributed by atoms with Crippen molar-refractivity contribution < 1.29 is 4.74 Å². The van der Waals surface area contributed by atoms with Crippen LogP contribution in [0.5, 0.6) is 0 Å². The molecule has 18 heavy (non-hydrogen) atoms. The van der Waals surface area contributed by atoms with Gasteiger partial charge in [-0.2, -0.15) is 5.10 Å². The van der Waals surface area contributed by atoms with Gasteiger partial charge in [-0.15, -0.1) is 0 Å². The number of benzene rings is 1. The van der Waals surface area contributed by atoms with E-state index < -0.39 is 0 Å². The summed E-state index contributed by atoms with van der Waals surface area (Å²) in [7, 11) is 0. The van der Waals surface area contributed by atoms with Crippen molar-refractivity contribution in [3.8, 4) is 0 Å². The summed E-state index contributed by atoms with van der Waals surface area (Å²) in [6.45, 7) is 6.52. The molecular formula is C14H21N3O. The number of ether oxygens (including phenoxy) is 1. The van der Waals surface area contributed by atoms with Gasteiger partial charge < -0.3 is 10.1 Å². The molecule has 0 saturated carbocycles. The van der Waals surface area contributed by atoms with Gasteiger partial charge in [-0.25, -0.2) is 0 Å². The fourth-order valence-corrected chi connectivity index (χ4v) is 1.96. The molecule has 2 rings (SSSR count). The average molecular weight is 247 g/mol. The summed E-state index contributed by atoms with van der Waals surface area (Å²) in [6, 6.07) is 8.29. The molecule has 98 valence electrons. The Bertz CT molecular complexity index is 467. The number of rotatable bonds is 8. The molecular weight excluding hydrogens is 226 g/mol. The Labute approximate surface area is 108 Å². The number of fused-ring (bicyclic) bond motifs is 1. The Kier molecular flexibility index (Phi) is 5.17. The number of hydrogen-bond acceptors (Lipinski definition) is 3. The molecule has 0 spiro atoms. The quantitative estimate of drug-likeness (QED) is 0.726. The number of hydrogen-bond donors (Lipinski definition) is 1. The van der Waals surface area contributed by atoms with Crippen molar-refractivity contribution >= 4 is 10.9 Å². The van der Waals surface area contributed by atoms with E-state index in [0.717, 1.165) is 39.3 Å². The Morgan fingerprint density at radius 1 is 1.28 bits per heavy atom. The first-order chi connectivity index (χ1) is 8.92. The summed E-state index contributed by atoms with van der Waals surface area (Å²) in [4.78, 5) is 0. The minimum Gasteiger partial charge on any atom is -0.382 e. The van der Waals surface area contributed by atoms with Crippen LogP contribution in [0.25, 0.3) is 10.9 Å².